The molecule has 0 bridgehead atoms. The maximum absolute atomic E-state index is 2.51. The van der Waals surface area contributed by atoms with Gasteiger partial charge < -0.3 is 14.7 Å². The van der Waals surface area contributed by atoms with Crippen LogP contribution in [0.2, 0.25) is 0 Å². The zero-order valence-electron chi connectivity index (χ0n) is 28.0. The van der Waals surface area contributed by atoms with Crippen LogP contribution in [0.25, 0.3) is 0 Å². The predicted octanol–water partition coefficient (Wildman–Crippen LogP) is 10.2. The molecular formula is C45H36BN3. The van der Waals surface area contributed by atoms with Crippen LogP contribution in [0.1, 0.15) is 16.7 Å². The number of fused-ring (bicyclic) bond motifs is 4. The smallest absolute Gasteiger partial charge is 0.252 e. The lowest BCUT2D eigenvalue weighted by molar-refractivity contribution is 1.20. The highest BCUT2D eigenvalue weighted by Gasteiger charge is 2.44. The quantitative estimate of drug-likeness (QED) is 0.176. The standard InChI is InChI=1S/C45H36BN3/c1-31-17-7-12-24-38(31)47(34-20-5-4-6-21-34)35-29-43-45-44(30-35)49(40-26-14-9-19-33(40)3)42-28-16-11-23-37(42)46(45)36-22-10-15-27-41(36)48(43)39-25-13-8-18-32(39)2/h4-30H,1-3H3. The largest absolute Gasteiger partial charge is 0.311 e. The van der Waals surface area contributed by atoms with E-state index in [0.717, 1.165) is 17.1 Å². The van der Waals surface area contributed by atoms with Crippen molar-refractivity contribution in [2.24, 2.45) is 0 Å². The van der Waals surface area contributed by atoms with E-state index in [2.05, 4.69) is 199 Å². The summed E-state index contributed by atoms with van der Waals surface area (Å²) >= 11 is 0. The maximum atomic E-state index is 2.51. The molecule has 2 heterocycles. The summed E-state index contributed by atoms with van der Waals surface area (Å²) in [6, 6.07) is 59.9. The van der Waals surface area contributed by atoms with Gasteiger partial charge in [-0.25, -0.2) is 0 Å². The third kappa shape index (κ3) is 4.59. The number of nitrogens with zero attached hydrogens (tertiary/aromatic N) is 3. The molecule has 234 valence electrons. The molecule has 0 aromatic heterocycles. The third-order valence-corrected chi connectivity index (χ3v) is 10.2. The Hall–Kier alpha value is -6.00. The molecule has 49 heavy (non-hydrogen) atoms. The van der Waals surface area contributed by atoms with Crippen molar-refractivity contribution < 1.29 is 0 Å². The van der Waals surface area contributed by atoms with Crippen molar-refractivity contribution in [1.29, 1.82) is 0 Å². The molecular weight excluding hydrogens is 593 g/mol. The second kappa shape index (κ2) is 11.6. The summed E-state index contributed by atoms with van der Waals surface area (Å²) in [5, 5.41) is 0. The van der Waals surface area contributed by atoms with Crippen molar-refractivity contribution in [1.82, 2.24) is 0 Å². The van der Waals surface area contributed by atoms with Crippen LogP contribution in [0, 0.1) is 20.8 Å². The van der Waals surface area contributed by atoms with Crippen LogP contribution < -0.4 is 31.1 Å². The third-order valence-electron chi connectivity index (χ3n) is 10.2. The molecule has 2 aliphatic heterocycles. The highest BCUT2D eigenvalue weighted by Crippen LogP contribution is 2.48. The monoisotopic (exact) mass is 629 g/mol. The van der Waals surface area contributed by atoms with Crippen molar-refractivity contribution in [2.45, 2.75) is 20.8 Å². The van der Waals surface area contributed by atoms with E-state index in [-0.39, 0.29) is 6.71 Å². The van der Waals surface area contributed by atoms with Crippen LogP contribution >= 0.6 is 0 Å². The first-order valence-corrected chi connectivity index (χ1v) is 17.1. The molecule has 0 atom stereocenters. The summed E-state index contributed by atoms with van der Waals surface area (Å²) in [6.45, 7) is 6.73. The first-order valence-electron chi connectivity index (χ1n) is 17.1. The summed E-state index contributed by atoms with van der Waals surface area (Å²) in [5.74, 6) is 0. The Labute approximate surface area is 289 Å². The Balaban J connectivity index is 1.44. The summed E-state index contributed by atoms with van der Waals surface area (Å²) < 4.78 is 0. The number of hydrogen-bond acceptors (Lipinski definition) is 3. The van der Waals surface area contributed by atoms with Crippen LogP contribution in [-0.2, 0) is 0 Å². The highest BCUT2D eigenvalue weighted by molar-refractivity contribution is 7.00. The molecule has 0 amide bonds. The summed E-state index contributed by atoms with van der Waals surface area (Å²) in [6.07, 6.45) is 0. The molecule has 0 spiro atoms. The first kappa shape index (κ1) is 29.2. The topological polar surface area (TPSA) is 9.72 Å². The molecule has 7 aromatic rings. The zero-order chi connectivity index (χ0) is 33.1. The lowest BCUT2D eigenvalue weighted by Gasteiger charge is -2.45. The van der Waals surface area contributed by atoms with Crippen molar-refractivity contribution >= 4 is 74.3 Å². The summed E-state index contributed by atoms with van der Waals surface area (Å²) in [4.78, 5) is 7.44. The van der Waals surface area contributed by atoms with Gasteiger partial charge in [0.1, 0.15) is 0 Å². The second-order valence-electron chi connectivity index (χ2n) is 13.1. The van der Waals surface area contributed by atoms with E-state index in [0.29, 0.717) is 0 Å². The molecule has 4 heteroatoms. The van der Waals surface area contributed by atoms with Gasteiger partial charge >= 0.3 is 0 Å². The van der Waals surface area contributed by atoms with Crippen molar-refractivity contribution in [2.75, 3.05) is 14.7 Å². The Morgan fingerprint density at radius 2 is 0.816 bits per heavy atom. The average Bonchev–Trinajstić information content (AvgIpc) is 3.14. The Morgan fingerprint density at radius 1 is 0.388 bits per heavy atom. The number of aryl methyl sites for hydroxylation is 3. The van der Waals surface area contributed by atoms with Gasteiger partial charge in [0.2, 0.25) is 0 Å². The SMILES string of the molecule is Cc1ccccc1N(c1ccccc1)c1cc2c3c(c1)N(c1ccccc1C)c1ccccc1B3c1ccccc1N2c1ccccc1C. The normalized spacial score (nSPS) is 12.7. The minimum absolute atomic E-state index is 0.0793. The van der Waals surface area contributed by atoms with Crippen molar-refractivity contribution in [3.05, 3.63) is 180 Å². The Morgan fingerprint density at radius 3 is 1.33 bits per heavy atom. The van der Waals surface area contributed by atoms with E-state index >= 15 is 0 Å². The first-order chi connectivity index (χ1) is 24.1. The minimum atomic E-state index is 0.0793. The number of benzene rings is 7. The number of hydrogen-bond donors (Lipinski definition) is 0. The molecule has 3 nitrogen and oxygen atoms in total. The Kier molecular flexibility index (Phi) is 6.91. The van der Waals surface area contributed by atoms with E-state index < -0.39 is 0 Å². The molecule has 0 radical (unpaired) electrons. The van der Waals surface area contributed by atoms with E-state index in [9.17, 15) is 0 Å². The number of rotatable bonds is 5. The van der Waals surface area contributed by atoms with Gasteiger partial charge in [-0.15, -0.1) is 0 Å². The second-order valence-corrected chi connectivity index (χ2v) is 13.1. The van der Waals surface area contributed by atoms with E-state index in [1.54, 1.807) is 0 Å². The fourth-order valence-corrected chi connectivity index (χ4v) is 7.98. The number of anilines is 9. The zero-order valence-corrected chi connectivity index (χ0v) is 28.0. The van der Waals surface area contributed by atoms with Gasteiger partial charge in [0, 0.05) is 45.5 Å². The van der Waals surface area contributed by atoms with Crippen LogP contribution in [0.5, 0.6) is 0 Å². The molecule has 0 saturated carbocycles. The average molecular weight is 630 g/mol. The lowest BCUT2D eigenvalue weighted by Crippen LogP contribution is -2.61. The molecule has 9 rings (SSSR count). The van der Waals surface area contributed by atoms with Gasteiger partial charge in [0.25, 0.3) is 6.71 Å². The van der Waals surface area contributed by atoms with Crippen LogP contribution in [0.3, 0.4) is 0 Å². The van der Waals surface area contributed by atoms with Crippen LogP contribution in [0.4, 0.5) is 51.2 Å². The molecule has 0 saturated heterocycles. The van der Waals surface area contributed by atoms with Gasteiger partial charge in [-0.05, 0) is 108 Å². The van der Waals surface area contributed by atoms with Gasteiger partial charge in [0.15, 0.2) is 0 Å². The predicted molar refractivity (Wildman–Crippen MR) is 209 cm³/mol. The van der Waals surface area contributed by atoms with Gasteiger partial charge in [-0.1, -0.05) is 109 Å². The van der Waals surface area contributed by atoms with Crippen molar-refractivity contribution in [3.8, 4) is 0 Å². The Bertz CT molecular complexity index is 2250. The molecule has 2 aliphatic rings. The number of para-hydroxylation sites is 6. The molecule has 0 unspecified atom stereocenters. The molecule has 0 fully saturated rings. The summed E-state index contributed by atoms with van der Waals surface area (Å²) in [7, 11) is 0. The van der Waals surface area contributed by atoms with Gasteiger partial charge in [0.05, 0.1) is 5.69 Å². The van der Waals surface area contributed by atoms with Crippen molar-refractivity contribution in [3.63, 3.8) is 0 Å². The fraction of sp³-hybridized carbons (Fsp3) is 0.0667. The molecule has 7 aromatic carbocycles. The van der Waals surface area contributed by atoms with Crippen LogP contribution in [0.15, 0.2) is 164 Å². The highest BCUT2D eigenvalue weighted by atomic mass is 15.2. The fourth-order valence-electron chi connectivity index (χ4n) is 7.98. The molecule has 0 N–H and O–H groups in total. The van der Waals surface area contributed by atoms with E-state index in [4.69, 9.17) is 0 Å². The maximum Gasteiger partial charge on any atom is 0.252 e. The van der Waals surface area contributed by atoms with Gasteiger partial charge in [-0.3, -0.25) is 0 Å². The van der Waals surface area contributed by atoms with Crippen LogP contribution in [-0.4, -0.2) is 6.71 Å². The molecule has 0 aliphatic carbocycles. The van der Waals surface area contributed by atoms with E-state index in [1.807, 2.05) is 0 Å². The summed E-state index contributed by atoms with van der Waals surface area (Å²) in [5.41, 5.74) is 18.3. The lowest BCUT2D eigenvalue weighted by atomic mass is 9.33. The van der Waals surface area contributed by atoms with E-state index in [1.165, 1.54) is 67.2 Å². The minimum Gasteiger partial charge on any atom is -0.311 e. The van der Waals surface area contributed by atoms with Gasteiger partial charge in [-0.2, -0.15) is 0 Å².